The molecule has 5 heterocycles. The summed E-state index contributed by atoms with van der Waals surface area (Å²) in [5.74, 6) is 0. The predicted molar refractivity (Wildman–Crippen MR) is 150 cm³/mol. The first-order valence-corrected chi connectivity index (χ1v) is 14.5. The van der Waals surface area contributed by atoms with E-state index in [9.17, 15) is 18.0 Å². The predicted octanol–water partition coefficient (Wildman–Crippen LogP) is 4.80. The van der Waals surface area contributed by atoms with Gasteiger partial charge in [0.05, 0.1) is 17.8 Å². The van der Waals surface area contributed by atoms with E-state index in [0.29, 0.717) is 47.4 Å². The highest BCUT2D eigenvalue weighted by molar-refractivity contribution is 6.02. The van der Waals surface area contributed by atoms with E-state index >= 15 is 0 Å². The van der Waals surface area contributed by atoms with Crippen molar-refractivity contribution in [1.29, 1.82) is 0 Å². The first-order chi connectivity index (χ1) is 20.2. The van der Waals surface area contributed by atoms with Crippen molar-refractivity contribution in [1.82, 2.24) is 29.2 Å². The average molecular weight is 583 g/mol. The molecule has 4 aromatic rings. The molecule has 9 nitrogen and oxygen atoms in total. The van der Waals surface area contributed by atoms with E-state index in [4.69, 9.17) is 9.47 Å². The summed E-state index contributed by atoms with van der Waals surface area (Å²) in [5.41, 5.74) is 3.29. The molecular weight excluding hydrogens is 549 g/mol. The third kappa shape index (κ3) is 4.99. The smallest absolute Gasteiger partial charge is 0.381 e. The van der Waals surface area contributed by atoms with Crippen molar-refractivity contribution in [3.05, 3.63) is 52.7 Å². The average Bonchev–Trinajstić information content (AvgIpc) is 3.55. The number of fused-ring (bicyclic) bond motifs is 3. The van der Waals surface area contributed by atoms with E-state index in [1.54, 1.807) is 17.7 Å². The number of aromatic nitrogens is 5. The third-order valence-corrected chi connectivity index (χ3v) is 9.18. The molecule has 0 bridgehead atoms. The molecule has 1 saturated carbocycles. The number of imidazole rings is 1. The van der Waals surface area contributed by atoms with Crippen LogP contribution in [-0.4, -0.2) is 74.8 Å². The zero-order chi connectivity index (χ0) is 29.1. The Hall–Kier alpha value is -3.35. The van der Waals surface area contributed by atoms with Gasteiger partial charge in [-0.25, -0.2) is 4.79 Å². The van der Waals surface area contributed by atoms with Crippen LogP contribution < -0.4 is 5.69 Å². The molecule has 3 aromatic heterocycles. The summed E-state index contributed by atoms with van der Waals surface area (Å²) in [5, 5.41) is 9.40. The summed E-state index contributed by atoms with van der Waals surface area (Å²) >= 11 is 0. The van der Waals surface area contributed by atoms with Crippen LogP contribution in [0.5, 0.6) is 0 Å². The monoisotopic (exact) mass is 582 g/mol. The number of nitrogens with zero attached hydrogens (tertiary/aromatic N) is 6. The number of rotatable bonds is 7. The molecule has 1 aliphatic carbocycles. The van der Waals surface area contributed by atoms with Crippen molar-refractivity contribution in [2.75, 3.05) is 39.5 Å². The molecule has 1 spiro atoms. The number of hydrogen-bond donors (Lipinski definition) is 0. The molecule has 7 rings (SSSR count). The number of aryl methyl sites for hydroxylation is 1. The van der Waals surface area contributed by atoms with Gasteiger partial charge in [-0.2, -0.15) is 13.2 Å². The normalized spacial score (nSPS) is 20.2. The number of halogens is 3. The highest BCUT2D eigenvalue weighted by Gasteiger charge is 2.47. The van der Waals surface area contributed by atoms with E-state index in [1.807, 2.05) is 18.2 Å². The van der Waals surface area contributed by atoms with Gasteiger partial charge in [0, 0.05) is 56.5 Å². The lowest BCUT2D eigenvalue weighted by molar-refractivity contribution is -0.225. The second-order valence-electron chi connectivity index (χ2n) is 11.9. The van der Waals surface area contributed by atoms with Gasteiger partial charge >= 0.3 is 11.9 Å². The Labute approximate surface area is 240 Å². The van der Waals surface area contributed by atoms with Crippen molar-refractivity contribution in [2.24, 2.45) is 12.5 Å². The fourth-order valence-corrected chi connectivity index (χ4v) is 6.54. The van der Waals surface area contributed by atoms with Crippen LogP contribution in [0.3, 0.4) is 0 Å². The van der Waals surface area contributed by atoms with Gasteiger partial charge in [0.15, 0.2) is 11.8 Å². The topological polar surface area (TPSA) is 87.3 Å². The summed E-state index contributed by atoms with van der Waals surface area (Å²) < 4.78 is 56.1. The van der Waals surface area contributed by atoms with Gasteiger partial charge in [-0.05, 0) is 67.8 Å². The molecule has 0 radical (unpaired) electrons. The van der Waals surface area contributed by atoms with Crippen molar-refractivity contribution in [3.8, 4) is 11.1 Å². The first kappa shape index (κ1) is 27.5. The van der Waals surface area contributed by atoms with Crippen LogP contribution in [-0.2, 0) is 16.5 Å². The molecule has 1 aromatic carbocycles. The first-order valence-electron chi connectivity index (χ1n) is 14.5. The lowest BCUT2D eigenvalue weighted by Crippen LogP contribution is -2.30. The van der Waals surface area contributed by atoms with Crippen LogP contribution in [0.15, 0.2) is 41.3 Å². The zero-order valence-corrected chi connectivity index (χ0v) is 23.4. The summed E-state index contributed by atoms with van der Waals surface area (Å²) in [6.45, 7) is 3.52. The van der Waals surface area contributed by atoms with E-state index < -0.39 is 12.3 Å². The molecule has 12 heteroatoms. The van der Waals surface area contributed by atoms with Crippen LogP contribution in [0.4, 0.5) is 13.2 Å². The Balaban J connectivity index is 1.16. The Morgan fingerprint density at radius 3 is 2.57 bits per heavy atom. The van der Waals surface area contributed by atoms with E-state index in [0.717, 1.165) is 43.3 Å². The summed E-state index contributed by atoms with van der Waals surface area (Å²) in [7, 11) is 1.68. The van der Waals surface area contributed by atoms with E-state index in [2.05, 4.69) is 20.1 Å². The number of ether oxygens (including phenoxy) is 2. The van der Waals surface area contributed by atoms with Crippen LogP contribution in [0.25, 0.3) is 33.2 Å². The minimum Gasteiger partial charge on any atom is -0.381 e. The molecule has 1 atom stereocenters. The van der Waals surface area contributed by atoms with Crippen molar-refractivity contribution in [3.63, 3.8) is 0 Å². The molecule has 2 aliphatic heterocycles. The lowest BCUT2D eigenvalue weighted by atomic mass is 10.0. The fourth-order valence-electron chi connectivity index (χ4n) is 6.54. The van der Waals surface area contributed by atoms with E-state index in [1.165, 1.54) is 29.7 Å². The number of alkyl halides is 3. The van der Waals surface area contributed by atoms with Crippen molar-refractivity contribution < 1.29 is 22.6 Å². The molecule has 0 N–H and O–H groups in total. The largest absolute Gasteiger partial charge is 0.420 e. The summed E-state index contributed by atoms with van der Waals surface area (Å²) in [4.78, 5) is 19.6. The van der Waals surface area contributed by atoms with Gasteiger partial charge in [0.25, 0.3) is 0 Å². The SMILES string of the molecule is Cn1c(=O)n(C2CCOCC2)c2c3cc(-c4ccc(C(OCCN5CCC6(CC6)C5)C(F)(F)F)nc4)ccc3nnc21. The van der Waals surface area contributed by atoms with Gasteiger partial charge in [0.1, 0.15) is 5.52 Å². The Morgan fingerprint density at radius 1 is 1.10 bits per heavy atom. The zero-order valence-electron chi connectivity index (χ0n) is 23.4. The fraction of sp³-hybridized carbons (Fsp3) is 0.533. The van der Waals surface area contributed by atoms with Crippen LogP contribution in [0, 0.1) is 5.41 Å². The van der Waals surface area contributed by atoms with Gasteiger partial charge in [-0.1, -0.05) is 12.1 Å². The van der Waals surface area contributed by atoms with Gasteiger partial charge < -0.3 is 14.4 Å². The van der Waals surface area contributed by atoms with Crippen LogP contribution >= 0.6 is 0 Å². The quantitative estimate of drug-likeness (QED) is 0.309. The molecule has 222 valence electrons. The Bertz CT molecular complexity index is 1670. The maximum atomic E-state index is 14.0. The van der Waals surface area contributed by atoms with Crippen molar-refractivity contribution >= 4 is 22.1 Å². The minimum absolute atomic E-state index is 0.00268. The highest BCUT2D eigenvalue weighted by Crippen LogP contribution is 2.52. The van der Waals surface area contributed by atoms with Crippen LogP contribution in [0.2, 0.25) is 0 Å². The molecule has 1 unspecified atom stereocenters. The highest BCUT2D eigenvalue weighted by atomic mass is 19.4. The number of pyridine rings is 1. The van der Waals surface area contributed by atoms with Gasteiger partial charge in [0.2, 0.25) is 0 Å². The number of hydrogen-bond acceptors (Lipinski definition) is 7. The molecule has 3 aliphatic rings. The standard InChI is InChI=1S/C30H33F3N6O3/c1-37-27-25(39(28(37)40)21-6-13-41-14-7-21)22-16-19(2-4-23(22)35-36-27)20-3-5-24(34-17-20)26(30(31,32)33)42-15-12-38-11-10-29(18-38)8-9-29/h2-5,16-17,21,26H,6-15,18H2,1H3. The minimum atomic E-state index is -4.58. The summed E-state index contributed by atoms with van der Waals surface area (Å²) in [6.07, 6.45) is -0.212. The maximum Gasteiger partial charge on any atom is 0.420 e. The molecule has 0 amide bonds. The lowest BCUT2D eigenvalue weighted by Gasteiger charge is -2.23. The van der Waals surface area contributed by atoms with Gasteiger partial charge in [-0.3, -0.25) is 14.1 Å². The number of likely N-dealkylation sites (tertiary alicyclic amines) is 1. The second kappa shape index (κ2) is 10.4. The molecule has 42 heavy (non-hydrogen) atoms. The van der Waals surface area contributed by atoms with Crippen LogP contribution in [0.1, 0.15) is 49.9 Å². The molecular formula is C30H33F3N6O3. The van der Waals surface area contributed by atoms with Crippen molar-refractivity contribution in [2.45, 2.75) is 50.4 Å². The summed E-state index contributed by atoms with van der Waals surface area (Å²) in [6, 6.07) is 8.53. The van der Waals surface area contributed by atoms with Gasteiger partial charge in [-0.15, -0.1) is 10.2 Å². The molecule has 3 fully saturated rings. The maximum absolute atomic E-state index is 14.0. The third-order valence-electron chi connectivity index (χ3n) is 9.18. The van der Waals surface area contributed by atoms with E-state index in [-0.39, 0.29) is 24.0 Å². The molecule has 2 saturated heterocycles. The number of benzene rings is 1. The Kier molecular flexibility index (Phi) is 6.82. The Morgan fingerprint density at radius 2 is 1.88 bits per heavy atom. The second-order valence-corrected chi connectivity index (χ2v) is 11.9.